The Morgan fingerprint density at radius 2 is 1.88 bits per heavy atom. The molecule has 1 unspecified atom stereocenters. The monoisotopic (exact) mass is 449 g/mol. The first-order valence-electron chi connectivity index (χ1n) is 11.4. The van der Waals surface area contributed by atoms with Gasteiger partial charge < -0.3 is 19.0 Å². The number of carbonyl (C=O) groups excluding carboxylic acids is 1. The number of hydrogen-bond acceptors (Lipinski definition) is 5. The Bertz CT molecular complexity index is 1110. The SMILES string of the molecule is COc1cc(F)ccc1N1CCN(CC2CCc3ccccc3N2C(=O)c2ccco2)CC1. The average Bonchev–Trinajstić information content (AvgIpc) is 3.39. The van der Waals surface area contributed by atoms with E-state index in [1.54, 1.807) is 31.6 Å². The highest BCUT2D eigenvalue weighted by Gasteiger charge is 2.34. The van der Waals surface area contributed by atoms with Gasteiger partial charge in [0.25, 0.3) is 5.91 Å². The van der Waals surface area contributed by atoms with Crippen molar-refractivity contribution in [1.29, 1.82) is 0 Å². The summed E-state index contributed by atoms with van der Waals surface area (Å²) in [6.45, 7) is 4.16. The molecular weight excluding hydrogens is 421 g/mol. The van der Waals surface area contributed by atoms with Gasteiger partial charge in [-0.3, -0.25) is 9.69 Å². The largest absolute Gasteiger partial charge is 0.494 e. The Morgan fingerprint density at radius 1 is 1.06 bits per heavy atom. The van der Waals surface area contributed by atoms with E-state index in [1.807, 2.05) is 23.1 Å². The molecule has 172 valence electrons. The minimum Gasteiger partial charge on any atom is -0.494 e. The summed E-state index contributed by atoms with van der Waals surface area (Å²) < 4.78 is 24.4. The Morgan fingerprint density at radius 3 is 2.64 bits per heavy atom. The lowest BCUT2D eigenvalue weighted by Gasteiger charge is -2.42. The van der Waals surface area contributed by atoms with Crippen LogP contribution in [0.4, 0.5) is 15.8 Å². The average molecular weight is 450 g/mol. The Labute approximate surface area is 193 Å². The van der Waals surface area contributed by atoms with E-state index in [4.69, 9.17) is 9.15 Å². The topological polar surface area (TPSA) is 49.2 Å². The maximum atomic E-state index is 13.6. The van der Waals surface area contributed by atoms with Crippen LogP contribution in [-0.4, -0.2) is 56.7 Å². The lowest BCUT2D eigenvalue weighted by atomic mass is 9.94. The molecular formula is C26H28FN3O3. The molecule has 0 spiro atoms. The first-order chi connectivity index (χ1) is 16.1. The predicted octanol–water partition coefficient (Wildman–Crippen LogP) is 4.21. The van der Waals surface area contributed by atoms with E-state index in [1.165, 1.54) is 17.7 Å². The quantitative estimate of drug-likeness (QED) is 0.584. The molecule has 2 aromatic carbocycles. The smallest absolute Gasteiger partial charge is 0.294 e. The van der Waals surface area contributed by atoms with Gasteiger partial charge in [0, 0.05) is 44.5 Å². The van der Waals surface area contributed by atoms with E-state index in [-0.39, 0.29) is 17.8 Å². The number of carbonyl (C=O) groups is 1. The van der Waals surface area contributed by atoms with Crippen molar-refractivity contribution in [3.63, 3.8) is 0 Å². The van der Waals surface area contributed by atoms with E-state index >= 15 is 0 Å². The van der Waals surface area contributed by atoms with Crippen molar-refractivity contribution in [2.45, 2.75) is 18.9 Å². The summed E-state index contributed by atoms with van der Waals surface area (Å²) in [6, 6.07) is 16.4. The lowest BCUT2D eigenvalue weighted by molar-refractivity contribution is 0.0936. The van der Waals surface area contributed by atoms with E-state index in [9.17, 15) is 9.18 Å². The summed E-state index contributed by atoms with van der Waals surface area (Å²) in [5.41, 5.74) is 3.09. The number of halogens is 1. The molecule has 2 aliphatic rings. The number of furan rings is 1. The molecule has 2 aliphatic heterocycles. The maximum absolute atomic E-state index is 13.6. The van der Waals surface area contributed by atoms with Crippen LogP contribution in [0.2, 0.25) is 0 Å². The molecule has 1 atom stereocenters. The molecule has 5 rings (SSSR count). The summed E-state index contributed by atoms with van der Waals surface area (Å²) >= 11 is 0. The van der Waals surface area contributed by atoms with Crippen molar-refractivity contribution >= 4 is 17.3 Å². The highest BCUT2D eigenvalue weighted by Crippen LogP contribution is 2.33. The molecule has 1 fully saturated rings. The molecule has 1 saturated heterocycles. The van der Waals surface area contributed by atoms with Gasteiger partial charge in [-0.25, -0.2) is 4.39 Å². The summed E-state index contributed by atoms with van der Waals surface area (Å²) in [4.78, 5) is 19.9. The fraction of sp³-hybridized carbons (Fsp3) is 0.346. The molecule has 7 heteroatoms. The van der Waals surface area contributed by atoms with Gasteiger partial charge in [0.1, 0.15) is 11.6 Å². The van der Waals surface area contributed by atoms with Gasteiger partial charge in [0.2, 0.25) is 0 Å². The summed E-state index contributed by atoms with van der Waals surface area (Å²) in [5.74, 6) is 0.535. The van der Waals surface area contributed by atoms with E-state index in [0.29, 0.717) is 11.5 Å². The van der Waals surface area contributed by atoms with Crippen LogP contribution in [0.25, 0.3) is 0 Å². The minimum absolute atomic E-state index is 0.0735. The number of benzene rings is 2. The zero-order chi connectivity index (χ0) is 22.8. The molecule has 3 heterocycles. The van der Waals surface area contributed by atoms with Gasteiger partial charge in [-0.2, -0.15) is 0 Å². The number of anilines is 2. The number of aryl methyl sites for hydroxylation is 1. The summed E-state index contributed by atoms with van der Waals surface area (Å²) in [6.07, 6.45) is 3.41. The predicted molar refractivity (Wildman–Crippen MR) is 126 cm³/mol. The molecule has 0 bridgehead atoms. The van der Waals surface area contributed by atoms with Crippen molar-refractivity contribution in [1.82, 2.24) is 4.90 Å². The zero-order valence-corrected chi connectivity index (χ0v) is 18.7. The third-order valence-corrected chi connectivity index (χ3v) is 6.64. The first kappa shape index (κ1) is 21.5. The van der Waals surface area contributed by atoms with Crippen LogP contribution in [0, 0.1) is 5.82 Å². The molecule has 0 radical (unpaired) electrons. The second-order valence-electron chi connectivity index (χ2n) is 8.58. The number of amides is 1. The van der Waals surface area contributed by atoms with E-state index < -0.39 is 0 Å². The lowest BCUT2D eigenvalue weighted by Crippen LogP contribution is -2.54. The Balaban J connectivity index is 1.30. The van der Waals surface area contributed by atoms with Gasteiger partial charge in [0.15, 0.2) is 5.76 Å². The number of ether oxygens (including phenoxy) is 1. The number of rotatable bonds is 5. The Kier molecular flexibility index (Phi) is 6.05. The van der Waals surface area contributed by atoms with Gasteiger partial charge in [-0.05, 0) is 48.7 Å². The van der Waals surface area contributed by atoms with E-state index in [0.717, 1.165) is 56.9 Å². The molecule has 33 heavy (non-hydrogen) atoms. The molecule has 3 aromatic rings. The van der Waals surface area contributed by atoms with Crippen molar-refractivity contribution < 1.29 is 18.3 Å². The number of piperazine rings is 1. The van der Waals surface area contributed by atoms with Gasteiger partial charge in [-0.1, -0.05) is 18.2 Å². The van der Waals surface area contributed by atoms with Crippen LogP contribution in [-0.2, 0) is 6.42 Å². The maximum Gasteiger partial charge on any atom is 0.294 e. The second kappa shape index (κ2) is 9.27. The van der Waals surface area contributed by atoms with Gasteiger partial charge in [-0.15, -0.1) is 0 Å². The zero-order valence-electron chi connectivity index (χ0n) is 18.7. The third kappa shape index (κ3) is 4.33. The number of fused-ring (bicyclic) bond motifs is 1. The number of hydrogen-bond donors (Lipinski definition) is 0. The van der Waals surface area contributed by atoms with Gasteiger partial charge in [0.05, 0.1) is 25.1 Å². The molecule has 1 amide bonds. The van der Waals surface area contributed by atoms with Crippen LogP contribution >= 0.6 is 0 Å². The van der Waals surface area contributed by atoms with Crippen molar-refractivity contribution in [2.24, 2.45) is 0 Å². The summed E-state index contributed by atoms with van der Waals surface area (Å²) in [7, 11) is 1.57. The van der Waals surface area contributed by atoms with Crippen molar-refractivity contribution in [3.8, 4) is 5.75 Å². The highest BCUT2D eigenvalue weighted by atomic mass is 19.1. The molecule has 1 aromatic heterocycles. The molecule has 0 aliphatic carbocycles. The number of methoxy groups -OCH3 is 1. The highest BCUT2D eigenvalue weighted by molar-refractivity contribution is 6.05. The van der Waals surface area contributed by atoms with Crippen LogP contribution in [0.3, 0.4) is 0 Å². The number of nitrogens with zero attached hydrogens (tertiary/aromatic N) is 3. The fourth-order valence-corrected chi connectivity index (χ4v) is 4.95. The summed E-state index contributed by atoms with van der Waals surface area (Å²) in [5, 5.41) is 0. The van der Waals surface area contributed by atoms with Gasteiger partial charge >= 0.3 is 0 Å². The third-order valence-electron chi connectivity index (χ3n) is 6.64. The van der Waals surface area contributed by atoms with Crippen LogP contribution < -0.4 is 14.5 Å². The molecule has 0 saturated carbocycles. The molecule has 6 nitrogen and oxygen atoms in total. The fourth-order valence-electron chi connectivity index (χ4n) is 4.95. The van der Waals surface area contributed by atoms with Crippen LogP contribution in [0.5, 0.6) is 5.75 Å². The first-order valence-corrected chi connectivity index (χ1v) is 11.4. The van der Waals surface area contributed by atoms with Crippen LogP contribution in [0.15, 0.2) is 65.3 Å². The standard InChI is InChI=1S/C26H28FN3O3/c1-32-25-17-20(27)9-11-23(25)29-14-12-28(13-15-29)18-21-10-8-19-5-2-3-6-22(19)30(21)26(31)24-7-4-16-33-24/h2-7,9,11,16-17,21H,8,10,12-15,18H2,1H3. The van der Waals surface area contributed by atoms with Crippen LogP contribution in [0.1, 0.15) is 22.5 Å². The van der Waals surface area contributed by atoms with Crippen molar-refractivity contribution in [3.05, 3.63) is 78.0 Å². The van der Waals surface area contributed by atoms with Crippen molar-refractivity contribution in [2.75, 3.05) is 49.6 Å². The Hall–Kier alpha value is -3.32. The molecule has 0 N–H and O–H groups in total. The minimum atomic E-state index is -0.298. The second-order valence-corrected chi connectivity index (χ2v) is 8.58. The normalized spacial score (nSPS) is 18.8. The van der Waals surface area contributed by atoms with E-state index in [2.05, 4.69) is 15.9 Å². The number of para-hydroxylation sites is 1.